The van der Waals surface area contributed by atoms with Gasteiger partial charge in [-0.05, 0) is 62.2 Å². The van der Waals surface area contributed by atoms with E-state index in [1.165, 1.54) is 44.6 Å². The van der Waals surface area contributed by atoms with Gasteiger partial charge in [0.25, 0.3) is 0 Å². The molecule has 0 spiro atoms. The van der Waals surface area contributed by atoms with Crippen LogP contribution >= 0.6 is 0 Å². The van der Waals surface area contributed by atoms with Gasteiger partial charge in [-0.25, -0.2) is 0 Å². The number of ether oxygens (including phenoxy) is 1. The van der Waals surface area contributed by atoms with Crippen molar-refractivity contribution in [1.82, 2.24) is 0 Å². The third kappa shape index (κ3) is 3.11. The van der Waals surface area contributed by atoms with Gasteiger partial charge in [0.15, 0.2) is 8.32 Å². The molecule has 2 saturated carbocycles. The first-order valence-electron chi connectivity index (χ1n) is 10.5. The van der Waals surface area contributed by atoms with Crippen LogP contribution in [0.2, 0.25) is 18.1 Å². The first kappa shape index (κ1) is 20.1. The van der Waals surface area contributed by atoms with E-state index in [4.69, 9.17) is 9.16 Å². The Morgan fingerprint density at radius 1 is 1.15 bits per heavy atom. The predicted octanol–water partition coefficient (Wildman–Crippen LogP) is 6.35. The Balaban J connectivity index is 2.08. The second kappa shape index (κ2) is 6.48. The molecule has 0 radical (unpaired) electrons. The van der Waals surface area contributed by atoms with Crippen LogP contribution < -0.4 is 0 Å². The van der Waals surface area contributed by atoms with Crippen LogP contribution in [0.5, 0.6) is 0 Å². The van der Waals surface area contributed by atoms with Crippen LogP contribution in [0, 0.1) is 11.3 Å². The van der Waals surface area contributed by atoms with Crippen molar-refractivity contribution in [3.05, 3.63) is 11.3 Å². The van der Waals surface area contributed by atoms with Gasteiger partial charge in [0.05, 0.1) is 5.60 Å². The minimum absolute atomic E-state index is 0.0601. The van der Waals surface area contributed by atoms with Crippen LogP contribution in [0.1, 0.15) is 86.0 Å². The summed E-state index contributed by atoms with van der Waals surface area (Å²) in [6.07, 6.45) is 9.17. The average Bonchev–Trinajstić information content (AvgIpc) is 2.82. The fourth-order valence-corrected chi connectivity index (χ4v) is 7.25. The van der Waals surface area contributed by atoms with Crippen LogP contribution in [-0.4, -0.2) is 19.9 Å². The highest BCUT2D eigenvalue weighted by Crippen LogP contribution is 2.64. The summed E-state index contributed by atoms with van der Waals surface area (Å²) in [4.78, 5) is 11.7. The van der Waals surface area contributed by atoms with Gasteiger partial charge in [-0.15, -0.1) is 0 Å². The number of rotatable bonds is 3. The summed E-state index contributed by atoms with van der Waals surface area (Å²) in [5.74, 6) is 1.25. The van der Waals surface area contributed by atoms with Gasteiger partial charge in [0, 0.05) is 24.7 Å². The van der Waals surface area contributed by atoms with Crippen LogP contribution in [0.3, 0.4) is 0 Å². The maximum Gasteiger partial charge on any atom is 0.307 e. The van der Waals surface area contributed by atoms with Crippen molar-refractivity contribution in [2.24, 2.45) is 11.3 Å². The summed E-state index contributed by atoms with van der Waals surface area (Å²) in [6, 6.07) is 0. The lowest BCUT2D eigenvalue weighted by molar-refractivity contribution is -0.141. The van der Waals surface area contributed by atoms with Gasteiger partial charge in [-0.1, -0.05) is 34.1 Å². The molecule has 0 amide bonds. The Hall–Kier alpha value is -0.613. The Morgan fingerprint density at radius 3 is 2.46 bits per heavy atom. The van der Waals surface area contributed by atoms with Gasteiger partial charge in [0.1, 0.15) is 5.76 Å². The van der Waals surface area contributed by atoms with Crippen molar-refractivity contribution in [3.63, 3.8) is 0 Å². The van der Waals surface area contributed by atoms with Gasteiger partial charge in [-0.2, -0.15) is 0 Å². The van der Waals surface area contributed by atoms with Crippen molar-refractivity contribution < 1.29 is 14.0 Å². The number of allylic oxidation sites excluding steroid dienone is 1. The second-order valence-electron chi connectivity index (χ2n) is 10.7. The van der Waals surface area contributed by atoms with E-state index in [1.54, 1.807) is 0 Å². The van der Waals surface area contributed by atoms with Crippen LogP contribution in [-0.2, 0) is 14.0 Å². The van der Waals surface area contributed by atoms with Crippen molar-refractivity contribution in [2.75, 3.05) is 0 Å². The first-order valence-corrected chi connectivity index (χ1v) is 13.4. The maximum absolute atomic E-state index is 11.7. The van der Waals surface area contributed by atoms with Crippen molar-refractivity contribution in [1.29, 1.82) is 0 Å². The molecule has 148 valence electrons. The van der Waals surface area contributed by atoms with E-state index in [2.05, 4.69) is 40.8 Å². The topological polar surface area (TPSA) is 35.5 Å². The highest BCUT2D eigenvalue weighted by molar-refractivity contribution is 6.74. The largest absolute Gasteiger partial charge is 0.431 e. The van der Waals surface area contributed by atoms with Crippen LogP contribution in [0.25, 0.3) is 0 Å². The molecule has 3 nitrogen and oxygen atoms in total. The fraction of sp³-hybridized carbons (Fsp3) is 0.864. The van der Waals surface area contributed by atoms with Crippen LogP contribution in [0.4, 0.5) is 0 Å². The molecule has 0 aromatic heterocycles. The first-order chi connectivity index (χ1) is 11.9. The van der Waals surface area contributed by atoms with Crippen molar-refractivity contribution in [2.45, 2.75) is 110 Å². The Bertz CT molecular complexity index is 615. The van der Waals surface area contributed by atoms with E-state index in [0.717, 1.165) is 25.0 Å². The SMILES string of the molecule is CC(=O)OC1=C2CCCC[C@H]2[C@@]2(O[Si](C)(C)C(C)(C)C)CCC[C@@]2(C)C1. The molecule has 3 aliphatic carbocycles. The number of fused-ring (bicyclic) bond motifs is 3. The molecule has 0 bridgehead atoms. The van der Waals surface area contributed by atoms with E-state index in [1.807, 2.05) is 0 Å². The van der Waals surface area contributed by atoms with Crippen molar-refractivity contribution in [3.8, 4) is 0 Å². The lowest BCUT2D eigenvalue weighted by atomic mass is 9.57. The van der Waals surface area contributed by atoms with E-state index >= 15 is 0 Å². The summed E-state index contributed by atoms with van der Waals surface area (Å²) < 4.78 is 13.1. The molecule has 0 aromatic rings. The summed E-state index contributed by atoms with van der Waals surface area (Å²) >= 11 is 0. The van der Waals surface area contributed by atoms with Crippen LogP contribution in [0.15, 0.2) is 11.3 Å². The molecular weight excluding hydrogens is 340 g/mol. The van der Waals surface area contributed by atoms with Gasteiger partial charge < -0.3 is 9.16 Å². The van der Waals surface area contributed by atoms with Crippen molar-refractivity contribution >= 4 is 14.3 Å². The average molecular weight is 379 g/mol. The quantitative estimate of drug-likeness (QED) is 0.424. The lowest BCUT2D eigenvalue weighted by Gasteiger charge is -2.58. The number of hydrogen-bond donors (Lipinski definition) is 0. The summed E-state index contributed by atoms with van der Waals surface area (Å²) in [6.45, 7) is 15.8. The number of carbonyl (C=O) groups excluding carboxylic acids is 1. The van der Waals surface area contributed by atoms with E-state index in [0.29, 0.717) is 5.92 Å². The second-order valence-corrected chi connectivity index (χ2v) is 15.4. The molecule has 0 aliphatic heterocycles. The molecule has 3 atom stereocenters. The normalized spacial score (nSPS) is 35.1. The molecule has 4 heteroatoms. The van der Waals surface area contributed by atoms with E-state index < -0.39 is 8.32 Å². The molecule has 0 heterocycles. The summed E-state index contributed by atoms with van der Waals surface area (Å²) in [5.41, 5.74) is 1.43. The zero-order valence-electron chi connectivity index (χ0n) is 18.0. The predicted molar refractivity (Wildman–Crippen MR) is 108 cm³/mol. The number of carbonyl (C=O) groups is 1. The van der Waals surface area contributed by atoms with Gasteiger partial charge in [0.2, 0.25) is 0 Å². The lowest BCUT2D eigenvalue weighted by Crippen LogP contribution is -2.61. The fourth-order valence-electron chi connectivity index (χ4n) is 5.54. The summed E-state index contributed by atoms with van der Waals surface area (Å²) in [5, 5.41) is 0.208. The third-order valence-electron chi connectivity index (χ3n) is 7.89. The molecule has 3 aliphatic rings. The monoisotopic (exact) mass is 378 g/mol. The third-order valence-corrected chi connectivity index (χ3v) is 12.4. The molecule has 0 aromatic carbocycles. The molecule has 0 N–H and O–H groups in total. The highest BCUT2D eigenvalue weighted by Gasteiger charge is 2.63. The standard InChI is InChI=1S/C22H38O3Si/c1-16(23)24-19-15-21(5)13-10-14-22(21,18-12-9-8-11-17(18)19)25-26(6,7)20(2,3)4/h18H,8-15H2,1-7H3/t18-,21+,22+/m1/s1. The zero-order valence-corrected chi connectivity index (χ0v) is 19.0. The van der Waals surface area contributed by atoms with E-state index in [-0.39, 0.29) is 22.0 Å². The van der Waals surface area contributed by atoms with E-state index in [9.17, 15) is 4.79 Å². The molecular formula is C22H38O3Si. The zero-order chi connectivity index (χ0) is 19.4. The summed E-state index contributed by atoms with van der Waals surface area (Å²) in [7, 11) is -1.90. The van der Waals surface area contributed by atoms with Gasteiger partial charge >= 0.3 is 5.97 Å². The molecule has 3 rings (SSSR count). The molecule has 2 fully saturated rings. The minimum atomic E-state index is -1.90. The van der Waals surface area contributed by atoms with Gasteiger partial charge in [-0.3, -0.25) is 4.79 Å². The Morgan fingerprint density at radius 2 is 1.85 bits per heavy atom. The Kier molecular flexibility index (Phi) is 5.01. The molecule has 0 saturated heterocycles. The highest BCUT2D eigenvalue weighted by atomic mass is 28.4. The minimum Gasteiger partial charge on any atom is -0.431 e. The molecule has 0 unspecified atom stereocenters. The number of hydrogen-bond acceptors (Lipinski definition) is 3. The molecule has 26 heavy (non-hydrogen) atoms. The Labute approximate surface area is 161 Å². The number of esters is 1. The maximum atomic E-state index is 11.7. The smallest absolute Gasteiger partial charge is 0.307 e.